The van der Waals surface area contributed by atoms with Crippen molar-refractivity contribution in [2.24, 2.45) is 0 Å². The van der Waals surface area contributed by atoms with Crippen LogP contribution in [0, 0.1) is 6.92 Å². The summed E-state index contributed by atoms with van der Waals surface area (Å²) in [5.74, 6) is 0.0546. The lowest BCUT2D eigenvalue weighted by molar-refractivity contribution is 0.0882. The highest BCUT2D eigenvalue weighted by Gasteiger charge is 2.24. The zero-order valence-electron chi connectivity index (χ0n) is 15.5. The second-order valence-electron chi connectivity index (χ2n) is 7.56. The van der Waals surface area contributed by atoms with Gasteiger partial charge >= 0.3 is 5.63 Å². The fourth-order valence-electron chi connectivity index (χ4n) is 2.85. The Morgan fingerprint density at radius 2 is 2.19 bits per heavy atom. The van der Waals surface area contributed by atoms with Gasteiger partial charge in [0.15, 0.2) is 0 Å². The van der Waals surface area contributed by atoms with Crippen molar-refractivity contribution in [2.75, 3.05) is 6.61 Å². The van der Waals surface area contributed by atoms with Crippen LogP contribution in [-0.4, -0.2) is 17.5 Å². The molecule has 0 aromatic carbocycles. The first kappa shape index (κ1) is 18.8. The van der Waals surface area contributed by atoms with Gasteiger partial charge in [-0.05, 0) is 31.4 Å². The Morgan fingerprint density at radius 3 is 2.77 bits per heavy atom. The van der Waals surface area contributed by atoms with Crippen LogP contribution >= 0.6 is 11.3 Å². The van der Waals surface area contributed by atoms with Gasteiger partial charge in [0, 0.05) is 17.4 Å². The van der Waals surface area contributed by atoms with Gasteiger partial charge in [-0.15, -0.1) is 11.3 Å². The van der Waals surface area contributed by atoms with Crippen LogP contribution in [0.3, 0.4) is 0 Å². The van der Waals surface area contributed by atoms with Crippen LogP contribution in [0.1, 0.15) is 72.1 Å². The second-order valence-corrected chi connectivity index (χ2v) is 8.50. The summed E-state index contributed by atoms with van der Waals surface area (Å²) in [6.07, 6.45) is 1.58. The highest BCUT2D eigenvalue weighted by atomic mass is 32.1. The molecule has 0 spiro atoms. The van der Waals surface area contributed by atoms with Gasteiger partial charge in [0.05, 0.1) is 12.2 Å². The number of ether oxygens (including phenoxy) is 1. The maximum atomic E-state index is 12.5. The number of aromatic nitrogens is 1. The molecule has 7 heteroatoms. The van der Waals surface area contributed by atoms with E-state index in [-0.39, 0.29) is 23.6 Å². The summed E-state index contributed by atoms with van der Waals surface area (Å²) < 4.78 is 10.9. The van der Waals surface area contributed by atoms with Crippen molar-refractivity contribution in [1.29, 1.82) is 0 Å². The van der Waals surface area contributed by atoms with Crippen molar-refractivity contribution in [3.63, 3.8) is 0 Å². The number of aryl methyl sites for hydroxylation is 1. The Bertz CT molecular complexity index is 857. The summed E-state index contributed by atoms with van der Waals surface area (Å²) in [5, 5.41) is 5.57. The molecule has 1 aliphatic heterocycles. The van der Waals surface area contributed by atoms with Gasteiger partial charge in [0.2, 0.25) is 0 Å². The monoisotopic (exact) mass is 376 g/mol. The summed E-state index contributed by atoms with van der Waals surface area (Å²) in [4.78, 5) is 29.3. The molecule has 1 N–H and O–H groups in total. The molecule has 0 radical (unpaired) electrons. The van der Waals surface area contributed by atoms with E-state index < -0.39 is 11.5 Å². The second kappa shape index (κ2) is 7.32. The highest BCUT2D eigenvalue weighted by molar-refractivity contribution is 7.09. The van der Waals surface area contributed by atoms with Crippen molar-refractivity contribution >= 4 is 17.2 Å². The number of hydrogen-bond acceptors (Lipinski definition) is 6. The van der Waals surface area contributed by atoms with Crippen LogP contribution in [0.15, 0.2) is 20.7 Å². The summed E-state index contributed by atoms with van der Waals surface area (Å²) in [7, 11) is 0. The predicted molar refractivity (Wildman–Crippen MR) is 99.6 cm³/mol. The fourth-order valence-corrected chi connectivity index (χ4v) is 3.81. The minimum atomic E-state index is -0.623. The zero-order chi connectivity index (χ0) is 18.9. The van der Waals surface area contributed by atoms with E-state index in [0.29, 0.717) is 17.9 Å². The largest absolute Gasteiger partial charge is 0.424 e. The van der Waals surface area contributed by atoms with Gasteiger partial charge in [-0.3, -0.25) is 4.79 Å². The third kappa shape index (κ3) is 4.04. The molecule has 1 fully saturated rings. The molecule has 1 unspecified atom stereocenters. The lowest BCUT2D eigenvalue weighted by atomic mass is 9.93. The average Bonchev–Trinajstić information content (AvgIpc) is 3.23. The fraction of sp³-hybridized carbons (Fsp3) is 0.526. The lowest BCUT2D eigenvalue weighted by Crippen LogP contribution is -2.29. The van der Waals surface area contributed by atoms with E-state index in [0.717, 1.165) is 23.5 Å². The molecule has 0 aliphatic carbocycles. The third-order valence-corrected chi connectivity index (χ3v) is 5.21. The van der Waals surface area contributed by atoms with Crippen LogP contribution in [0.2, 0.25) is 0 Å². The molecule has 1 atom stereocenters. The predicted octanol–water partition coefficient (Wildman–Crippen LogP) is 3.48. The van der Waals surface area contributed by atoms with Gasteiger partial charge in [-0.2, -0.15) is 0 Å². The van der Waals surface area contributed by atoms with Gasteiger partial charge in [-0.1, -0.05) is 20.8 Å². The maximum absolute atomic E-state index is 12.5. The summed E-state index contributed by atoms with van der Waals surface area (Å²) in [6, 6.07) is 1.73. The molecule has 3 heterocycles. The number of carbonyl (C=O) groups is 1. The van der Waals surface area contributed by atoms with Gasteiger partial charge in [0.25, 0.3) is 5.91 Å². The molecule has 26 heavy (non-hydrogen) atoms. The molecule has 0 bridgehead atoms. The molecular weight excluding hydrogens is 352 g/mol. The summed E-state index contributed by atoms with van der Waals surface area (Å²) in [5.41, 5.74) is 0.971. The number of thiazole rings is 1. The van der Waals surface area contributed by atoms with E-state index in [9.17, 15) is 9.59 Å². The molecule has 1 aliphatic rings. The first-order valence-electron chi connectivity index (χ1n) is 8.75. The number of carbonyl (C=O) groups excluding carboxylic acids is 1. The zero-order valence-corrected chi connectivity index (χ0v) is 16.4. The SMILES string of the molecule is Cc1cc(C2CCCO2)oc(=O)c1C(=O)NCc1nc(C(C)(C)C)cs1. The lowest BCUT2D eigenvalue weighted by Gasteiger charge is -2.14. The van der Waals surface area contributed by atoms with Crippen LogP contribution in [0.25, 0.3) is 0 Å². The van der Waals surface area contributed by atoms with Crippen molar-refractivity contribution in [3.8, 4) is 0 Å². The van der Waals surface area contributed by atoms with E-state index in [2.05, 4.69) is 31.1 Å². The molecule has 1 saturated heterocycles. The van der Waals surface area contributed by atoms with Crippen molar-refractivity contribution in [3.05, 3.63) is 49.5 Å². The first-order valence-corrected chi connectivity index (χ1v) is 9.63. The Kier molecular flexibility index (Phi) is 5.29. The Labute approximate surface area is 156 Å². The minimum Gasteiger partial charge on any atom is -0.424 e. The maximum Gasteiger partial charge on any atom is 0.349 e. The minimum absolute atomic E-state index is 0.0332. The number of nitrogens with zero attached hydrogens (tertiary/aromatic N) is 1. The van der Waals surface area contributed by atoms with Crippen molar-refractivity contribution in [1.82, 2.24) is 10.3 Å². The topological polar surface area (TPSA) is 81.4 Å². The molecule has 140 valence electrons. The van der Waals surface area contributed by atoms with Crippen LogP contribution < -0.4 is 10.9 Å². The molecule has 0 saturated carbocycles. The van der Waals surface area contributed by atoms with E-state index in [1.165, 1.54) is 11.3 Å². The van der Waals surface area contributed by atoms with E-state index in [1.54, 1.807) is 13.0 Å². The highest BCUT2D eigenvalue weighted by Crippen LogP contribution is 2.28. The van der Waals surface area contributed by atoms with Crippen molar-refractivity contribution < 1.29 is 13.9 Å². The number of nitrogens with one attached hydrogen (secondary N) is 1. The Hall–Kier alpha value is -1.99. The summed E-state index contributed by atoms with van der Waals surface area (Å²) in [6.45, 7) is 8.97. The standard InChI is InChI=1S/C19H24N2O4S/c1-11-8-13(12-6-5-7-24-12)25-18(23)16(11)17(22)20-9-15-21-14(10-26-15)19(2,3)4/h8,10,12H,5-7,9H2,1-4H3,(H,20,22). The van der Waals surface area contributed by atoms with E-state index in [4.69, 9.17) is 9.15 Å². The smallest absolute Gasteiger partial charge is 0.349 e. The van der Waals surface area contributed by atoms with Crippen LogP contribution in [0.4, 0.5) is 0 Å². The van der Waals surface area contributed by atoms with Crippen LogP contribution in [-0.2, 0) is 16.7 Å². The number of amides is 1. The molecule has 6 nitrogen and oxygen atoms in total. The first-order chi connectivity index (χ1) is 12.3. The van der Waals surface area contributed by atoms with Gasteiger partial charge in [-0.25, -0.2) is 9.78 Å². The quantitative estimate of drug-likeness (QED) is 0.883. The Balaban J connectivity index is 1.71. The Morgan fingerprint density at radius 1 is 1.42 bits per heavy atom. The van der Waals surface area contributed by atoms with Crippen LogP contribution in [0.5, 0.6) is 0 Å². The van der Waals surface area contributed by atoms with Gasteiger partial charge in [0.1, 0.15) is 22.4 Å². The normalized spacial score (nSPS) is 17.5. The van der Waals surface area contributed by atoms with Gasteiger partial charge < -0.3 is 14.5 Å². The molecule has 1 amide bonds. The molecule has 2 aromatic heterocycles. The average molecular weight is 376 g/mol. The van der Waals surface area contributed by atoms with Crippen molar-refractivity contribution in [2.45, 2.75) is 58.6 Å². The molecule has 3 rings (SSSR count). The summed E-state index contributed by atoms with van der Waals surface area (Å²) >= 11 is 1.50. The third-order valence-electron chi connectivity index (χ3n) is 4.36. The number of rotatable bonds is 4. The van der Waals surface area contributed by atoms with E-state index >= 15 is 0 Å². The molecule has 2 aromatic rings. The molecular formula is C19H24N2O4S. The van der Waals surface area contributed by atoms with E-state index in [1.807, 2.05) is 5.38 Å². The number of hydrogen-bond donors (Lipinski definition) is 1.